The van der Waals surface area contributed by atoms with Crippen molar-refractivity contribution in [2.24, 2.45) is 0 Å². The topological polar surface area (TPSA) is 26.3 Å². The first kappa shape index (κ1) is 14.6. The lowest BCUT2D eigenvalue weighted by Gasteiger charge is -2.38. The largest absolute Gasteiger partial charge is 0.410 e. The second-order valence-electron chi connectivity index (χ2n) is 5.34. The van der Waals surface area contributed by atoms with Crippen LogP contribution in [0, 0.1) is 0 Å². The van der Waals surface area contributed by atoms with Crippen molar-refractivity contribution >= 4 is 14.6 Å². The molecule has 3 heteroatoms. The molecule has 0 spiro atoms. The van der Waals surface area contributed by atoms with Gasteiger partial charge in [-0.05, 0) is 25.1 Å². The monoisotopic (exact) mass is 228 g/mol. The maximum atomic E-state index is 10.5. The Balaban J connectivity index is 4.58. The molecule has 1 unspecified atom stereocenters. The van der Waals surface area contributed by atoms with Gasteiger partial charge in [0.1, 0.15) is 6.29 Å². The highest BCUT2D eigenvalue weighted by atomic mass is 28.4. The summed E-state index contributed by atoms with van der Waals surface area (Å²) in [5.41, 5.74) is 0. The summed E-state index contributed by atoms with van der Waals surface area (Å²) in [5.74, 6) is 0. The second-order valence-corrected chi connectivity index (χ2v) is 10.1. The predicted molar refractivity (Wildman–Crippen MR) is 67.6 cm³/mol. The summed E-state index contributed by atoms with van der Waals surface area (Å²) in [5, 5.41) is 0.190. The standard InChI is InChI=1S/C12H24O2Si/c1-7-8-11(9-10-13)14-15(5,6)12(2,3)4/h7-8,10-11H,9H2,1-6H3/b8-7+. The quantitative estimate of drug-likeness (QED) is 0.409. The third-order valence-corrected chi connectivity index (χ3v) is 7.49. The Bertz CT molecular complexity index is 226. The Morgan fingerprint density at radius 3 is 2.20 bits per heavy atom. The van der Waals surface area contributed by atoms with Crippen LogP contribution in [0.15, 0.2) is 12.2 Å². The minimum atomic E-state index is -1.75. The van der Waals surface area contributed by atoms with Crippen molar-refractivity contribution in [3.05, 3.63) is 12.2 Å². The molecule has 0 aromatic heterocycles. The second kappa shape index (κ2) is 5.61. The molecule has 0 rings (SSSR count). The van der Waals surface area contributed by atoms with Crippen molar-refractivity contribution in [2.75, 3.05) is 0 Å². The highest BCUT2D eigenvalue weighted by Gasteiger charge is 2.38. The molecule has 0 bridgehead atoms. The van der Waals surface area contributed by atoms with Gasteiger partial charge in [0, 0.05) is 6.42 Å². The number of aldehydes is 1. The summed E-state index contributed by atoms with van der Waals surface area (Å²) in [7, 11) is -1.75. The van der Waals surface area contributed by atoms with Crippen LogP contribution in [-0.4, -0.2) is 20.7 Å². The fraction of sp³-hybridized carbons (Fsp3) is 0.750. The van der Waals surface area contributed by atoms with E-state index < -0.39 is 8.32 Å². The molecule has 0 amide bonds. The number of hydrogen-bond donors (Lipinski definition) is 0. The van der Waals surface area contributed by atoms with Gasteiger partial charge in [-0.15, -0.1) is 0 Å². The Labute approximate surface area is 94.8 Å². The smallest absolute Gasteiger partial charge is 0.192 e. The van der Waals surface area contributed by atoms with Gasteiger partial charge in [0.05, 0.1) is 6.10 Å². The van der Waals surface area contributed by atoms with Gasteiger partial charge in [-0.25, -0.2) is 0 Å². The van der Waals surface area contributed by atoms with E-state index in [1.165, 1.54) is 0 Å². The lowest BCUT2D eigenvalue weighted by Crippen LogP contribution is -2.43. The number of carbonyl (C=O) groups excluding carboxylic acids is 1. The summed E-state index contributed by atoms with van der Waals surface area (Å²) in [4.78, 5) is 10.5. The summed E-state index contributed by atoms with van der Waals surface area (Å²) < 4.78 is 6.10. The predicted octanol–water partition coefficient (Wildman–Crippen LogP) is 3.54. The van der Waals surface area contributed by atoms with Crippen LogP contribution in [0.3, 0.4) is 0 Å². The molecular formula is C12H24O2Si. The Morgan fingerprint density at radius 1 is 1.33 bits per heavy atom. The number of rotatable bonds is 5. The number of hydrogen-bond acceptors (Lipinski definition) is 2. The van der Waals surface area contributed by atoms with Crippen LogP contribution in [0.25, 0.3) is 0 Å². The Hall–Kier alpha value is -0.413. The lowest BCUT2D eigenvalue weighted by atomic mass is 10.2. The first-order valence-electron chi connectivity index (χ1n) is 5.49. The first-order chi connectivity index (χ1) is 6.74. The van der Waals surface area contributed by atoms with E-state index in [-0.39, 0.29) is 11.1 Å². The highest BCUT2D eigenvalue weighted by molar-refractivity contribution is 6.74. The van der Waals surface area contributed by atoms with E-state index in [9.17, 15) is 4.79 Å². The zero-order valence-electron chi connectivity index (χ0n) is 10.8. The zero-order chi connectivity index (χ0) is 12.1. The first-order valence-corrected chi connectivity index (χ1v) is 8.39. The van der Waals surface area contributed by atoms with Gasteiger partial charge in [0.2, 0.25) is 0 Å². The van der Waals surface area contributed by atoms with Gasteiger partial charge in [0.15, 0.2) is 8.32 Å². The minimum absolute atomic E-state index is 0.0478. The summed E-state index contributed by atoms with van der Waals surface area (Å²) in [6, 6.07) is 0. The minimum Gasteiger partial charge on any atom is -0.410 e. The van der Waals surface area contributed by atoms with Gasteiger partial charge in [-0.1, -0.05) is 32.9 Å². The molecule has 1 atom stereocenters. The maximum Gasteiger partial charge on any atom is 0.192 e. The Kier molecular flexibility index (Phi) is 5.46. The molecule has 0 aromatic rings. The molecule has 0 saturated carbocycles. The maximum absolute atomic E-state index is 10.5. The molecule has 2 nitrogen and oxygen atoms in total. The van der Waals surface area contributed by atoms with Crippen molar-refractivity contribution < 1.29 is 9.22 Å². The molecule has 0 radical (unpaired) electrons. The number of carbonyl (C=O) groups is 1. The van der Waals surface area contributed by atoms with Crippen LogP contribution in [0.1, 0.15) is 34.1 Å². The van der Waals surface area contributed by atoms with E-state index in [4.69, 9.17) is 4.43 Å². The van der Waals surface area contributed by atoms with E-state index in [1.54, 1.807) is 0 Å². The van der Waals surface area contributed by atoms with Crippen molar-refractivity contribution in [1.29, 1.82) is 0 Å². The van der Waals surface area contributed by atoms with Gasteiger partial charge >= 0.3 is 0 Å². The van der Waals surface area contributed by atoms with Crippen LogP contribution < -0.4 is 0 Å². The molecule has 0 aliphatic rings. The average Bonchev–Trinajstić information content (AvgIpc) is 2.02. The fourth-order valence-electron chi connectivity index (χ4n) is 1.03. The van der Waals surface area contributed by atoms with E-state index in [1.807, 2.05) is 19.1 Å². The molecule has 0 aromatic carbocycles. The Morgan fingerprint density at radius 2 is 1.87 bits per heavy atom. The lowest BCUT2D eigenvalue weighted by molar-refractivity contribution is -0.108. The molecule has 0 N–H and O–H groups in total. The van der Waals surface area contributed by atoms with Crippen molar-refractivity contribution in [3.8, 4) is 0 Å². The van der Waals surface area contributed by atoms with Crippen molar-refractivity contribution in [3.63, 3.8) is 0 Å². The molecule has 0 saturated heterocycles. The van der Waals surface area contributed by atoms with Crippen molar-refractivity contribution in [2.45, 2.75) is 58.4 Å². The molecule has 0 fully saturated rings. The average molecular weight is 228 g/mol. The third kappa shape index (κ3) is 4.75. The van der Waals surface area contributed by atoms with E-state index in [0.29, 0.717) is 6.42 Å². The normalized spacial score (nSPS) is 15.6. The van der Waals surface area contributed by atoms with Crippen LogP contribution >= 0.6 is 0 Å². The van der Waals surface area contributed by atoms with E-state index >= 15 is 0 Å². The molecule has 0 aliphatic carbocycles. The van der Waals surface area contributed by atoms with Gasteiger partial charge in [-0.3, -0.25) is 0 Å². The summed E-state index contributed by atoms with van der Waals surface area (Å²) >= 11 is 0. The van der Waals surface area contributed by atoms with Gasteiger partial charge < -0.3 is 9.22 Å². The van der Waals surface area contributed by atoms with Crippen molar-refractivity contribution in [1.82, 2.24) is 0 Å². The molecule has 88 valence electrons. The number of allylic oxidation sites excluding steroid dienone is 1. The van der Waals surface area contributed by atoms with E-state index in [2.05, 4.69) is 33.9 Å². The van der Waals surface area contributed by atoms with Crippen LogP contribution in [0.4, 0.5) is 0 Å². The van der Waals surface area contributed by atoms with Crippen LogP contribution in [0.5, 0.6) is 0 Å². The molecular weight excluding hydrogens is 204 g/mol. The summed E-state index contributed by atoms with van der Waals surface area (Å²) in [6.07, 6.45) is 5.25. The fourth-order valence-corrected chi connectivity index (χ4v) is 2.32. The van der Waals surface area contributed by atoms with Gasteiger partial charge in [-0.2, -0.15) is 0 Å². The SMILES string of the molecule is C/C=C/C(CC=O)O[Si](C)(C)C(C)(C)C. The molecule has 0 aliphatic heterocycles. The van der Waals surface area contributed by atoms with Crippen LogP contribution in [-0.2, 0) is 9.22 Å². The highest BCUT2D eigenvalue weighted by Crippen LogP contribution is 2.37. The summed E-state index contributed by atoms with van der Waals surface area (Å²) in [6.45, 7) is 13.0. The molecule has 0 heterocycles. The van der Waals surface area contributed by atoms with Crippen LogP contribution in [0.2, 0.25) is 18.1 Å². The van der Waals surface area contributed by atoms with E-state index in [0.717, 1.165) is 6.29 Å². The van der Waals surface area contributed by atoms with Gasteiger partial charge in [0.25, 0.3) is 0 Å². The molecule has 15 heavy (non-hydrogen) atoms. The third-order valence-electron chi connectivity index (χ3n) is 2.99. The zero-order valence-corrected chi connectivity index (χ0v) is 11.8.